The minimum absolute atomic E-state index is 0.0194. The summed E-state index contributed by atoms with van der Waals surface area (Å²) in [4.78, 5) is 27.8. The largest absolute Gasteiger partial charge is 0.341 e. The highest BCUT2D eigenvalue weighted by molar-refractivity contribution is 8.23. The lowest BCUT2D eigenvalue weighted by Crippen LogP contribution is -2.43. The molecule has 0 radical (unpaired) electrons. The van der Waals surface area contributed by atoms with Crippen LogP contribution >= 0.6 is 35.6 Å². The number of carbonyl (C=O) groups is 2. The monoisotopic (exact) mass is 382 g/mol. The van der Waals surface area contributed by atoms with Crippen molar-refractivity contribution in [1.29, 1.82) is 0 Å². The van der Waals surface area contributed by atoms with Crippen molar-refractivity contribution in [2.24, 2.45) is 0 Å². The second kappa shape index (κ2) is 7.85. The highest BCUT2D eigenvalue weighted by Gasteiger charge is 2.31. The molecule has 0 bridgehead atoms. The number of benzene rings is 1. The van der Waals surface area contributed by atoms with Crippen LogP contribution in [0.5, 0.6) is 0 Å². The fourth-order valence-electron chi connectivity index (χ4n) is 3.14. The maximum atomic E-state index is 12.7. The first kappa shape index (κ1) is 17.7. The third kappa shape index (κ3) is 4.10. The summed E-state index contributed by atoms with van der Waals surface area (Å²) >= 11 is 12.5. The lowest BCUT2D eigenvalue weighted by molar-refractivity contribution is -0.136. The maximum absolute atomic E-state index is 12.7. The molecular weight excluding hydrogens is 364 g/mol. The van der Waals surface area contributed by atoms with E-state index in [4.69, 9.17) is 23.8 Å². The lowest BCUT2D eigenvalue weighted by atomic mass is 9.94. The molecule has 0 spiro atoms. The van der Waals surface area contributed by atoms with Crippen molar-refractivity contribution in [3.63, 3.8) is 0 Å². The molecular formula is C17H19ClN2O2S2. The highest BCUT2D eigenvalue weighted by Crippen LogP contribution is 2.28. The summed E-state index contributed by atoms with van der Waals surface area (Å²) in [5.74, 6) is 0.570. The molecule has 2 aliphatic rings. The van der Waals surface area contributed by atoms with Crippen molar-refractivity contribution in [1.82, 2.24) is 9.80 Å². The normalized spacial score (nSPS) is 22.0. The van der Waals surface area contributed by atoms with Gasteiger partial charge in [-0.15, -0.1) is 0 Å². The fourth-order valence-corrected chi connectivity index (χ4v) is 4.34. The lowest BCUT2D eigenvalue weighted by Gasteiger charge is -2.26. The van der Waals surface area contributed by atoms with Crippen molar-refractivity contribution in [2.75, 3.05) is 25.4 Å². The molecule has 0 saturated carbocycles. The highest BCUT2D eigenvalue weighted by atomic mass is 35.5. The van der Waals surface area contributed by atoms with Crippen LogP contribution in [-0.4, -0.2) is 51.3 Å². The first-order chi connectivity index (χ1) is 11.5. The summed E-state index contributed by atoms with van der Waals surface area (Å²) < 4.78 is 0.512. The van der Waals surface area contributed by atoms with Crippen molar-refractivity contribution < 1.29 is 9.59 Å². The smallest absolute Gasteiger partial charge is 0.242 e. The van der Waals surface area contributed by atoms with E-state index in [1.165, 1.54) is 22.2 Å². The van der Waals surface area contributed by atoms with Gasteiger partial charge in [0.15, 0.2) is 0 Å². The molecule has 0 aromatic heterocycles. The molecule has 7 heteroatoms. The van der Waals surface area contributed by atoms with Crippen LogP contribution in [0.2, 0.25) is 5.02 Å². The van der Waals surface area contributed by atoms with Crippen molar-refractivity contribution in [3.05, 3.63) is 34.9 Å². The van der Waals surface area contributed by atoms with Crippen LogP contribution in [0, 0.1) is 0 Å². The van der Waals surface area contributed by atoms with Crippen LogP contribution in [0.1, 0.15) is 30.7 Å². The van der Waals surface area contributed by atoms with Crippen molar-refractivity contribution >= 4 is 51.7 Å². The predicted octanol–water partition coefficient (Wildman–Crippen LogP) is 3.30. The molecule has 2 aliphatic heterocycles. The van der Waals surface area contributed by atoms with Crippen LogP contribution in [-0.2, 0) is 9.59 Å². The molecule has 128 valence electrons. The second-order valence-electron chi connectivity index (χ2n) is 6.12. The number of carbonyl (C=O) groups excluding carboxylic acids is 2. The zero-order valence-corrected chi connectivity index (χ0v) is 15.6. The second-order valence-corrected chi connectivity index (χ2v) is 8.16. The number of thiocarbonyl (C=S) groups is 1. The molecule has 3 rings (SSSR count). The molecule has 24 heavy (non-hydrogen) atoms. The van der Waals surface area contributed by atoms with Crippen LogP contribution in [0.4, 0.5) is 0 Å². The van der Waals surface area contributed by atoms with Gasteiger partial charge >= 0.3 is 0 Å². The molecule has 0 aliphatic carbocycles. The number of nitrogens with zero attached hydrogens (tertiary/aromatic N) is 2. The summed E-state index contributed by atoms with van der Waals surface area (Å²) in [6, 6.07) is 7.87. The number of amides is 2. The summed E-state index contributed by atoms with van der Waals surface area (Å²) in [6.07, 6.45) is 3.14. The Balaban J connectivity index is 1.68. The zero-order valence-electron chi connectivity index (χ0n) is 13.2. The van der Waals surface area contributed by atoms with E-state index < -0.39 is 0 Å². The van der Waals surface area contributed by atoms with E-state index in [0.29, 0.717) is 22.5 Å². The molecule has 0 N–H and O–H groups in total. The molecule has 1 atom stereocenters. The van der Waals surface area contributed by atoms with E-state index in [0.717, 1.165) is 30.8 Å². The van der Waals surface area contributed by atoms with Gasteiger partial charge in [-0.05, 0) is 30.5 Å². The quantitative estimate of drug-likeness (QED) is 0.752. The molecule has 2 saturated heterocycles. The zero-order chi connectivity index (χ0) is 17.1. The number of likely N-dealkylation sites (tertiary alicyclic amines) is 1. The molecule has 1 unspecified atom stereocenters. The van der Waals surface area contributed by atoms with Gasteiger partial charge in [-0.25, -0.2) is 0 Å². The molecule has 2 fully saturated rings. The van der Waals surface area contributed by atoms with Gasteiger partial charge in [0.2, 0.25) is 11.8 Å². The van der Waals surface area contributed by atoms with E-state index in [1.807, 2.05) is 29.2 Å². The van der Waals surface area contributed by atoms with E-state index >= 15 is 0 Å². The van der Waals surface area contributed by atoms with Crippen molar-refractivity contribution in [2.45, 2.75) is 25.2 Å². The predicted molar refractivity (Wildman–Crippen MR) is 101 cm³/mol. The van der Waals surface area contributed by atoms with E-state index in [-0.39, 0.29) is 18.4 Å². The van der Waals surface area contributed by atoms with Gasteiger partial charge < -0.3 is 4.90 Å². The van der Waals surface area contributed by atoms with Gasteiger partial charge in [-0.2, -0.15) is 0 Å². The summed E-state index contributed by atoms with van der Waals surface area (Å²) in [7, 11) is 0. The SMILES string of the molecule is O=C(CN1C(=O)CSC1=S)N1CCCCC(c2ccc(Cl)cc2)C1. The van der Waals surface area contributed by atoms with Crippen LogP contribution < -0.4 is 0 Å². The Morgan fingerprint density at radius 2 is 2.04 bits per heavy atom. The van der Waals surface area contributed by atoms with Crippen molar-refractivity contribution in [3.8, 4) is 0 Å². The summed E-state index contributed by atoms with van der Waals surface area (Å²) in [5, 5.41) is 0.721. The van der Waals surface area contributed by atoms with Gasteiger partial charge in [0.1, 0.15) is 10.9 Å². The standard InChI is InChI=1S/C17H19ClN2O2S2/c18-14-6-4-12(5-7-14)13-3-1-2-8-19(9-13)15(21)10-20-16(22)11-24-17(20)23/h4-7,13H,1-3,8-11H2. The van der Waals surface area contributed by atoms with Gasteiger partial charge in [0, 0.05) is 24.0 Å². The van der Waals surface area contributed by atoms with E-state index in [2.05, 4.69) is 0 Å². The van der Waals surface area contributed by atoms with Crippen LogP contribution in [0.3, 0.4) is 0 Å². The van der Waals surface area contributed by atoms with E-state index in [9.17, 15) is 9.59 Å². The van der Waals surface area contributed by atoms with Gasteiger partial charge in [-0.1, -0.05) is 54.1 Å². The molecule has 2 amide bonds. The summed E-state index contributed by atoms with van der Waals surface area (Å²) in [6.45, 7) is 1.49. The average Bonchev–Trinajstić information content (AvgIpc) is 2.79. The van der Waals surface area contributed by atoms with Gasteiger partial charge in [0.25, 0.3) is 0 Å². The Morgan fingerprint density at radius 3 is 2.71 bits per heavy atom. The minimum atomic E-state index is -0.0672. The number of hydrogen-bond donors (Lipinski definition) is 0. The fraction of sp³-hybridized carbons (Fsp3) is 0.471. The van der Waals surface area contributed by atoms with Crippen LogP contribution in [0.25, 0.3) is 0 Å². The Kier molecular flexibility index (Phi) is 5.79. The van der Waals surface area contributed by atoms with E-state index in [1.54, 1.807) is 0 Å². The molecule has 1 aromatic rings. The average molecular weight is 383 g/mol. The third-order valence-electron chi connectivity index (χ3n) is 4.50. The number of hydrogen-bond acceptors (Lipinski definition) is 4. The first-order valence-corrected chi connectivity index (χ1v) is 9.82. The Labute approximate surface area is 156 Å². The Bertz CT molecular complexity index is 634. The minimum Gasteiger partial charge on any atom is -0.341 e. The third-order valence-corrected chi connectivity index (χ3v) is 6.18. The Morgan fingerprint density at radius 1 is 1.29 bits per heavy atom. The number of thioether (sulfide) groups is 1. The topological polar surface area (TPSA) is 40.6 Å². The maximum Gasteiger partial charge on any atom is 0.242 e. The molecule has 4 nitrogen and oxygen atoms in total. The Hall–Kier alpha value is -1.11. The van der Waals surface area contributed by atoms with Gasteiger partial charge in [-0.3, -0.25) is 14.5 Å². The van der Waals surface area contributed by atoms with Gasteiger partial charge in [0.05, 0.1) is 5.75 Å². The first-order valence-electron chi connectivity index (χ1n) is 8.05. The van der Waals surface area contributed by atoms with Crippen LogP contribution in [0.15, 0.2) is 24.3 Å². The summed E-state index contributed by atoms with van der Waals surface area (Å²) in [5.41, 5.74) is 1.21. The molecule has 1 aromatic carbocycles. The number of rotatable bonds is 3. The number of halogens is 1. The molecule has 2 heterocycles.